The maximum Gasteiger partial charge on any atom is 0.218 e. The predicted octanol–water partition coefficient (Wildman–Crippen LogP) is 1.30. The van der Waals surface area contributed by atoms with Gasteiger partial charge < -0.3 is 10.5 Å². The van der Waals surface area contributed by atoms with Crippen LogP contribution in [-0.4, -0.2) is 37.9 Å². The van der Waals surface area contributed by atoms with Crippen molar-refractivity contribution in [1.82, 2.24) is 4.31 Å². The van der Waals surface area contributed by atoms with Gasteiger partial charge in [-0.3, -0.25) is 0 Å². The molecule has 0 spiro atoms. The Hall–Kier alpha value is -1.44. The Morgan fingerprint density at radius 1 is 1.55 bits per heavy atom. The molecule has 0 bridgehead atoms. The summed E-state index contributed by atoms with van der Waals surface area (Å²) >= 11 is 4.78. The summed E-state index contributed by atoms with van der Waals surface area (Å²) in [5.41, 5.74) is 6.07. The highest BCUT2D eigenvalue weighted by Gasteiger charge is 2.22. The average molecular weight is 314 g/mol. The molecule has 7 heteroatoms. The molecule has 2 N–H and O–H groups in total. The summed E-state index contributed by atoms with van der Waals surface area (Å²) in [5, 5.41) is 0. The van der Waals surface area contributed by atoms with Gasteiger partial charge in [-0.2, -0.15) is 4.31 Å². The highest BCUT2D eigenvalue weighted by molar-refractivity contribution is 7.88. The van der Waals surface area contributed by atoms with Gasteiger partial charge in [-0.25, -0.2) is 8.42 Å². The van der Waals surface area contributed by atoms with E-state index in [0.29, 0.717) is 11.3 Å². The van der Waals surface area contributed by atoms with Crippen LogP contribution in [0.15, 0.2) is 36.9 Å². The summed E-state index contributed by atoms with van der Waals surface area (Å²) < 4.78 is 31.0. The number of nitrogens with zero attached hydrogens (tertiary/aromatic N) is 1. The fourth-order valence-corrected chi connectivity index (χ4v) is 3.35. The second-order valence-electron chi connectivity index (χ2n) is 4.16. The summed E-state index contributed by atoms with van der Waals surface area (Å²) in [4.78, 5) is 0.126. The van der Waals surface area contributed by atoms with Crippen molar-refractivity contribution in [1.29, 1.82) is 0 Å². The minimum Gasteiger partial charge on any atom is -0.497 e. The zero-order valence-electron chi connectivity index (χ0n) is 11.3. The van der Waals surface area contributed by atoms with Crippen molar-refractivity contribution in [2.24, 2.45) is 5.73 Å². The predicted molar refractivity (Wildman–Crippen MR) is 84.2 cm³/mol. The number of hydrogen-bond acceptors (Lipinski definition) is 4. The Bertz CT molecular complexity index is 585. The molecule has 0 aromatic heterocycles. The van der Waals surface area contributed by atoms with Crippen LogP contribution in [0.2, 0.25) is 0 Å². The van der Waals surface area contributed by atoms with Crippen molar-refractivity contribution in [2.45, 2.75) is 5.75 Å². The highest BCUT2D eigenvalue weighted by Crippen LogP contribution is 2.16. The topological polar surface area (TPSA) is 72.6 Å². The smallest absolute Gasteiger partial charge is 0.218 e. The minimum atomic E-state index is -3.52. The molecule has 0 amide bonds. The van der Waals surface area contributed by atoms with Crippen LogP contribution in [0.4, 0.5) is 0 Å². The largest absolute Gasteiger partial charge is 0.497 e. The van der Waals surface area contributed by atoms with E-state index >= 15 is 0 Å². The van der Waals surface area contributed by atoms with E-state index in [4.69, 9.17) is 22.7 Å². The van der Waals surface area contributed by atoms with Gasteiger partial charge in [0.05, 0.1) is 24.4 Å². The van der Waals surface area contributed by atoms with Gasteiger partial charge in [-0.15, -0.1) is 6.58 Å². The third kappa shape index (κ3) is 4.92. The van der Waals surface area contributed by atoms with E-state index in [0.717, 1.165) is 0 Å². The summed E-state index contributed by atoms with van der Waals surface area (Å²) in [6.07, 6.45) is 1.50. The first kappa shape index (κ1) is 16.6. The Kier molecular flexibility index (Phi) is 6.12. The van der Waals surface area contributed by atoms with Gasteiger partial charge in [-0.05, 0) is 17.7 Å². The molecule has 0 aliphatic rings. The van der Waals surface area contributed by atoms with Crippen molar-refractivity contribution in [3.05, 3.63) is 42.5 Å². The summed E-state index contributed by atoms with van der Waals surface area (Å²) in [6, 6.07) is 6.92. The third-order valence-corrected chi connectivity index (χ3v) is 4.43. The number of methoxy groups -OCH3 is 1. The fraction of sp³-hybridized carbons (Fsp3) is 0.308. The van der Waals surface area contributed by atoms with Crippen LogP contribution < -0.4 is 10.5 Å². The molecule has 0 saturated heterocycles. The van der Waals surface area contributed by atoms with Gasteiger partial charge >= 0.3 is 0 Å². The van der Waals surface area contributed by atoms with Crippen molar-refractivity contribution in [3.8, 4) is 5.75 Å². The van der Waals surface area contributed by atoms with Gasteiger partial charge in [-0.1, -0.05) is 30.4 Å². The molecule has 0 heterocycles. The second-order valence-corrected chi connectivity index (χ2v) is 6.65. The molecule has 0 radical (unpaired) electrons. The summed E-state index contributed by atoms with van der Waals surface area (Å²) in [6.45, 7) is 3.72. The van der Waals surface area contributed by atoms with Crippen LogP contribution >= 0.6 is 12.2 Å². The van der Waals surface area contributed by atoms with Gasteiger partial charge in [0.15, 0.2) is 0 Å². The SMILES string of the molecule is C=CCN(CC(N)=S)S(=O)(=O)Cc1cccc(OC)c1. The maximum atomic E-state index is 12.3. The molecule has 0 aliphatic carbocycles. The van der Waals surface area contributed by atoms with E-state index in [9.17, 15) is 8.42 Å². The Morgan fingerprint density at radius 2 is 2.25 bits per heavy atom. The lowest BCUT2D eigenvalue weighted by Gasteiger charge is -2.20. The molecule has 0 unspecified atom stereocenters. The quantitative estimate of drug-likeness (QED) is 0.578. The first-order valence-electron chi connectivity index (χ1n) is 5.89. The van der Waals surface area contributed by atoms with Gasteiger partial charge in [0.2, 0.25) is 10.0 Å². The molecule has 0 aliphatic heterocycles. The van der Waals surface area contributed by atoms with E-state index in [-0.39, 0.29) is 23.8 Å². The molecule has 20 heavy (non-hydrogen) atoms. The minimum absolute atomic E-state index is 0.00759. The number of sulfonamides is 1. The van der Waals surface area contributed by atoms with E-state index in [1.807, 2.05) is 0 Å². The Balaban J connectivity index is 2.95. The molecule has 0 saturated carbocycles. The zero-order valence-corrected chi connectivity index (χ0v) is 12.9. The molecule has 0 atom stereocenters. The molecule has 110 valence electrons. The van der Waals surface area contributed by atoms with Crippen LogP contribution in [0.1, 0.15) is 5.56 Å². The number of thiocarbonyl (C=S) groups is 1. The fourth-order valence-electron chi connectivity index (χ4n) is 1.66. The molecule has 5 nitrogen and oxygen atoms in total. The molecular weight excluding hydrogens is 296 g/mol. The van der Waals surface area contributed by atoms with Gasteiger partial charge in [0, 0.05) is 6.54 Å². The standard InChI is InChI=1S/C13H18N2O3S2/c1-3-7-15(9-13(14)19)20(16,17)10-11-5-4-6-12(8-11)18-2/h3-6,8H,1,7,9-10H2,2H3,(H2,14,19). The van der Waals surface area contributed by atoms with E-state index < -0.39 is 10.0 Å². The van der Waals surface area contributed by atoms with Gasteiger partial charge in [0.25, 0.3) is 0 Å². The van der Waals surface area contributed by atoms with Crippen LogP contribution in [0.5, 0.6) is 5.75 Å². The van der Waals surface area contributed by atoms with Crippen molar-refractivity contribution in [2.75, 3.05) is 20.2 Å². The molecule has 1 aromatic rings. The number of nitrogens with two attached hydrogens (primary N) is 1. The van der Waals surface area contributed by atoms with Crippen molar-refractivity contribution >= 4 is 27.2 Å². The Morgan fingerprint density at radius 3 is 2.80 bits per heavy atom. The van der Waals surface area contributed by atoms with Crippen molar-refractivity contribution < 1.29 is 13.2 Å². The number of hydrogen-bond donors (Lipinski definition) is 1. The van der Waals surface area contributed by atoms with Gasteiger partial charge in [0.1, 0.15) is 5.75 Å². The second kappa shape index (κ2) is 7.37. The third-order valence-electron chi connectivity index (χ3n) is 2.54. The Labute approximate surface area is 125 Å². The van der Waals surface area contributed by atoms with E-state index in [2.05, 4.69) is 6.58 Å². The van der Waals surface area contributed by atoms with E-state index in [1.54, 1.807) is 24.3 Å². The summed E-state index contributed by atoms with van der Waals surface area (Å²) in [7, 11) is -1.99. The molecule has 0 fully saturated rings. The van der Waals surface area contributed by atoms with Crippen LogP contribution in [-0.2, 0) is 15.8 Å². The maximum absolute atomic E-state index is 12.3. The number of benzene rings is 1. The van der Waals surface area contributed by atoms with Crippen LogP contribution in [0.3, 0.4) is 0 Å². The number of rotatable bonds is 8. The number of ether oxygens (including phenoxy) is 1. The molecule has 1 aromatic carbocycles. The first-order valence-corrected chi connectivity index (χ1v) is 7.90. The monoisotopic (exact) mass is 314 g/mol. The molecule has 1 rings (SSSR count). The van der Waals surface area contributed by atoms with Crippen LogP contribution in [0.25, 0.3) is 0 Å². The molecular formula is C13H18N2O3S2. The average Bonchev–Trinajstić information content (AvgIpc) is 2.37. The lowest BCUT2D eigenvalue weighted by atomic mass is 10.2. The lowest BCUT2D eigenvalue weighted by molar-refractivity contribution is 0.414. The zero-order chi connectivity index (χ0) is 15.2. The van der Waals surface area contributed by atoms with Crippen molar-refractivity contribution in [3.63, 3.8) is 0 Å². The first-order chi connectivity index (χ1) is 9.39. The lowest BCUT2D eigenvalue weighted by Crippen LogP contribution is -2.38. The van der Waals surface area contributed by atoms with E-state index in [1.165, 1.54) is 17.5 Å². The highest BCUT2D eigenvalue weighted by atomic mass is 32.2. The summed E-state index contributed by atoms with van der Waals surface area (Å²) in [5.74, 6) is 0.475. The normalized spacial score (nSPS) is 11.3. The van der Waals surface area contributed by atoms with Crippen LogP contribution in [0, 0.1) is 0 Å².